The Morgan fingerprint density at radius 2 is 2.00 bits per heavy atom. The molecule has 0 radical (unpaired) electrons. The molecule has 1 aliphatic rings. The van der Waals surface area contributed by atoms with Crippen molar-refractivity contribution < 1.29 is 14.6 Å². The number of carbonyl (C=O) groups is 1. The second kappa shape index (κ2) is 7.10. The molecule has 0 aliphatic carbocycles. The van der Waals surface area contributed by atoms with Gasteiger partial charge < -0.3 is 21.3 Å². The number of ether oxygens (including phenoxy) is 1. The summed E-state index contributed by atoms with van der Waals surface area (Å²) in [4.78, 5) is 11.2. The first-order valence-electron chi connectivity index (χ1n) is 5.95. The Kier molecular flexibility index (Phi) is 5.77. The van der Waals surface area contributed by atoms with Gasteiger partial charge in [0.25, 0.3) is 0 Å². The van der Waals surface area contributed by atoms with Crippen LogP contribution in [-0.4, -0.2) is 30.8 Å². The van der Waals surface area contributed by atoms with E-state index in [4.69, 9.17) is 21.3 Å². The third kappa shape index (κ3) is 3.29. The van der Waals surface area contributed by atoms with Crippen molar-refractivity contribution in [1.82, 2.24) is 0 Å². The molecule has 0 unspecified atom stereocenters. The van der Waals surface area contributed by atoms with Gasteiger partial charge in [0.2, 0.25) is 0 Å². The smallest absolute Gasteiger partial charge is 0.338 e. The number of cyclic esters (lactones) is 1. The van der Waals surface area contributed by atoms with Gasteiger partial charge in [0.05, 0.1) is 12.2 Å². The van der Waals surface area contributed by atoms with Crippen LogP contribution in [0.3, 0.4) is 0 Å². The van der Waals surface area contributed by atoms with Gasteiger partial charge in [-0.1, -0.05) is 6.07 Å². The lowest BCUT2D eigenvalue weighted by Gasteiger charge is -2.07. The molecular formula is C13H20N2O3. The first kappa shape index (κ1) is 14.6. The van der Waals surface area contributed by atoms with Crippen LogP contribution < -0.4 is 11.5 Å². The van der Waals surface area contributed by atoms with Crippen LogP contribution in [0.1, 0.15) is 27.0 Å². The van der Waals surface area contributed by atoms with E-state index in [0.29, 0.717) is 25.3 Å². The van der Waals surface area contributed by atoms with Crippen LogP contribution in [-0.2, 0) is 17.8 Å². The molecule has 0 atom stereocenters. The van der Waals surface area contributed by atoms with Crippen LogP contribution in [0, 0.1) is 6.92 Å². The van der Waals surface area contributed by atoms with Crippen molar-refractivity contribution in [3.63, 3.8) is 0 Å². The summed E-state index contributed by atoms with van der Waals surface area (Å²) in [5, 5.41) is 7.75. The fraction of sp³-hybridized carbons (Fsp3) is 0.462. The highest BCUT2D eigenvalue weighted by atomic mass is 16.5. The molecular weight excluding hydrogens is 232 g/mol. The number of esters is 1. The van der Waals surface area contributed by atoms with Gasteiger partial charge in [0.15, 0.2) is 0 Å². The molecule has 0 spiro atoms. The van der Waals surface area contributed by atoms with E-state index in [1.807, 2.05) is 19.1 Å². The molecule has 0 fully saturated rings. The van der Waals surface area contributed by atoms with Gasteiger partial charge in [-0.15, -0.1) is 0 Å². The van der Waals surface area contributed by atoms with Crippen LogP contribution in [0.5, 0.6) is 0 Å². The SMILES string of the molecule is Cc1c(CCN)ccc2c1COC2=O.NCCO. The topological polar surface area (TPSA) is 98.6 Å². The van der Waals surface area contributed by atoms with E-state index in [0.717, 1.165) is 17.5 Å². The van der Waals surface area contributed by atoms with Crippen molar-refractivity contribution in [1.29, 1.82) is 0 Å². The predicted octanol–water partition coefficient (Wildman–Crippen LogP) is 0.104. The average molecular weight is 252 g/mol. The third-order valence-electron chi connectivity index (χ3n) is 2.82. The summed E-state index contributed by atoms with van der Waals surface area (Å²) in [6, 6.07) is 3.80. The zero-order valence-electron chi connectivity index (χ0n) is 10.6. The highest BCUT2D eigenvalue weighted by Gasteiger charge is 2.23. The van der Waals surface area contributed by atoms with Crippen molar-refractivity contribution in [3.8, 4) is 0 Å². The van der Waals surface area contributed by atoms with Crippen molar-refractivity contribution in [2.24, 2.45) is 11.5 Å². The maximum absolute atomic E-state index is 11.2. The maximum atomic E-state index is 11.2. The van der Waals surface area contributed by atoms with Gasteiger partial charge in [0.1, 0.15) is 6.61 Å². The summed E-state index contributed by atoms with van der Waals surface area (Å²) in [5.74, 6) is -0.206. The van der Waals surface area contributed by atoms with E-state index >= 15 is 0 Å². The van der Waals surface area contributed by atoms with E-state index in [1.54, 1.807) is 0 Å². The molecule has 1 heterocycles. The first-order chi connectivity index (χ1) is 8.65. The fourth-order valence-electron chi connectivity index (χ4n) is 1.82. The Morgan fingerprint density at radius 1 is 1.33 bits per heavy atom. The number of aliphatic hydroxyl groups is 1. The second-order valence-electron chi connectivity index (χ2n) is 4.00. The lowest BCUT2D eigenvalue weighted by molar-refractivity contribution is 0.0535. The highest BCUT2D eigenvalue weighted by Crippen LogP contribution is 2.25. The first-order valence-corrected chi connectivity index (χ1v) is 5.95. The molecule has 2 rings (SSSR count). The van der Waals surface area contributed by atoms with Crippen molar-refractivity contribution in [3.05, 3.63) is 34.4 Å². The Labute approximate surface area is 107 Å². The van der Waals surface area contributed by atoms with Crippen molar-refractivity contribution in [2.75, 3.05) is 19.7 Å². The van der Waals surface area contributed by atoms with Crippen LogP contribution in [0.15, 0.2) is 12.1 Å². The number of nitrogens with two attached hydrogens (primary N) is 2. The molecule has 0 bridgehead atoms. The molecule has 0 saturated carbocycles. The minimum absolute atomic E-state index is 0.0972. The Bertz CT molecular complexity index is 417. The Balaban J connectivity index is 0.000000357. The molecule has 18 heavy (non-hydrogen) atoms. The minimum Gasteiger partial charge on any atom is -0.457 e. The molecule has 1 aromatic rings. The molecule has 5 heteroatoms. The fourth-order valence-corrected chi connectivity index (χ4v) is 1.82. The van der Waals surface area contributed by atoms with Gasteiger partial charge in [-0.3, -0.25) is 0 Å². The zero-order valence-corrected chi connectivity index (χ0v) is 10.6. The summed E-state index contributed by atoms with van der Waals surface area (Å²) in [7, 11) is 0. The average Bonchev–Trinajstić information content (AvgIpc) is 2.76. The molecule has 5 nitrogen and oxygen atoms in total. The standard InChI is InChI=1S/C11H13NO2.C2H7NO/c1-7-8(4-5-12)2-3-9-10(7)6-14-11(9)13;3-1-2-4/h2-3H,4-6,12H2,1H3;4H,1-3H2. The van der Waals surface area contributed by atoms with Crippen LogP contribution in [0.4, 0.5) is 0 Å². The molecule has 0 amide bonds. The quantitative estimate of drug-likeness (QED) is 0.663. The molecule has 0 aromatic heterocycles. The van der Waals surface area contributed by atoms with Crippen LogP contribution >= 0.6 is 0 Å². The predicted molar refractivity (Wildman–Crippen MR) is 69.2 cm³/mol. The zero-order chi connectivity index (χ0) is 13.5. The summed E-state index contributed by atoms with van der Waals surface area (Å²) in [5.41, 5.74) is 14.4. The number of carbonyl (C=O) groups excluding carboxylic acids is 1. The Hall–Kier alpha value is -1.43. The normalized spacial score (nSPS) is 12.6. The monoisotopic (exact) mass is 252 g/mol. The summed E-state index contributed by atoms with van der Waals surface area (Å²) in [6.07, 6.45) is 0.854. The lowest BCUT2D eigenvalue weighted by Crippen LogP contribution is -2.05. The maximum Gasteiger partial charge on any atom is 0.338 e. The van der Waals surface area contributed by atoms with E-state index < -0.39 is 0 Å². The lowest BCUT2D eigenvalue weighted by atomic mass is 9.97. The number of hydrogen-bond donors (Lipinski definition) is 3. The van der Waals surface area contributed by atoms with Gasteiger partial charge >= 0.3 is 5.97 Å². The van der Waals surface area contributed by atoms with Gasteiger partial charge in [0, 0.05) is 12.1 Å². The van der Waals surface area contributed by atoms with Crippen molar-refractivity contribution >= 4 is 5.97 Å². The molecule has 1 aromatic carbocycles. The summed E-state index contributed by atoms with van der Waals surface area (Å²) < 4.78 is 4.97. The van der Waals surface area contributed by atoms with E-state index in [2.05, 4.69) is 0 Å². The second-order valence-corrected chi connectivity index (χ2v) is 4.00. The number of benzene rings is 1. The summed E-state index contributed by atoms with van der Waals surface area (Å²) in [6.45, 7) is 3.54. The van der Waals surface area contributed by atoms with Crippen LogP contribution in [0.2, 0.25) is 0 Å². The largest absolute Gasteiger partial charge is 0.457 e. The number of aliphatic hydroxyl groups excluding tert-OH is 1. The van der Waals surface area contributed by atoms with Gasteiger partial charge in [-0.05, 0) is 37.1 Å². The minimum atomic E-state index is -0.206. The van der Waals surface area contributed by atoms with E-state index in [9.17, 15) is 4.79 Å². The molecule has 100 valence electrons. The van der Waals surface area contributed by atoms with E-state index in [-0.39, 0.29) is 12.6 Å². The summed E-state index contributed by atoms with van der Waals surface area (Å²) >= 11 is 0. The van der Waals surface area contributed by atoms with Crippen molar-refractivity contribution in [2.45, 2.75) is 20.0 Å². The number of hydrogen-bond acceptors (Lipinski definition) is 5. The van der Waals surface area contributed by atoms with Gasteiger partial charge in [-0.25, -0.2) is 4.79 Å². The van der Waals surface area contributed by atoms with Gasteiger partial charge in [-0.2, -0.15) is 0 Å². The number of rotatable bonds is 3. The van der Waals surface area contributed by atoms with E-state index in [1.165, 1.54) is 5.56 Å². The molecule has 0 saturated heterocycles. The van der Waals surface area contributed by atoms with Crippen LogP contribution in [0.25, 0.3) is 0 Å². The molecule has 5 N–H and O–H groups in total. The Morgan fingerprint density at radius 3 is 2.56 bits per heavy atom. The third-order valence-corrected chi connectivity index (χ3v) is 2.82. The highest BCUT2D eigenvalue weighted by molar-refractivity contribution is 5.93. The number of fused-ring (bicyclic) bond motifs is 1. The molecule has 1 aliphatic heterocycles.